The van der Waals surface area contributed by atoms with Crippen molar-refractivity contribution >= 4 is 14.5 Å². The zero-order valence-electron chi connectivity index (χ0n) is 9.08. The van der Waals surface area contributed by atoms with Gasteiger partial charge < -0.3 is 0 Å². The van der Waals surface area contributed by atoms with Gasteiger partial charge in [-0.05, 0) is 0 Å². The minimum atomic E-state index is 0.308. The summed E-state index contributed by atoms with van der Waals surface area (Å²) in [5.41, 5.74) is 2.16. The predicted molar refractivity (Wildman–Crippen MR) is 69.8 cm³/mol. The number of aromatic nitrogens is 2. The van der Waals surface area contributed by atoms with Crippen molar-refractivity contribution in [1.29, 1.82) is 0 Å². The summed E-state index contributed by atoms with van der Waals surface area (Å²) in [5, 5.41) is 0. The molecule has 3 heterocycles. The fourth-order valence-corrected chi connectivity index (χ4v) is 3.64. The molecule has 0 aliphatic carbocycles. The van der Waals surface area contributed by atoms with Crippen molar-refractivity contribution in [2.45, 2.75) is 0 Å². The SMILES string of the molecule is c1ccc(-c2ccc(-c3ccccn3)[se]2)nc1. The molecule has 0 aliphatic heterocycles. The molecular weight excluding hydrogens is 275 g/mol. The average molecular weight is 285 g/mol. The standard InChI is InChI=1S/C14H10N2Se/c1-3-9-15-11(5-1)13-7-8-14(17-13)12-6-2-4-10-16-12/h1-10H. The second-order valence-electron chi connectivity index (χ2n) is 3.59. The van der Waals surface area contributed by atoms with Crippen LogP contribution in [0.2, 0.25) is 0 Å². The summed E-state index contributed by atoms with van der Waals surface area (Å²) in [4.78, 5) is 8.76. The van der Waals surface area contributed by atoms with E-state index in [1.165, 1.54) is 8.87 Å². The van der Waals surface area contributed by atoms with E-state index < -0.39 is 0 Å². The van der Waals surface area contributed by atoms with Gasteiger partial charge in [-0.3, -0.25) is 0 Å². The summed E-state index contributed by atoms with van der Waals surface area (Å²) in [6, 6.07) is 16.4. The summed E-state index contributed by atoms with van der Waals surface area (Å²) >= 11 is 0.308. The first kappa shape index (κ1) is 10.5. The zero-order chi connectivity index (χ0) is 11.5. The molecule has 3 aromatic rings. The van der Waals surface area contributed by atoms with Crippen molar-refractivity contribution in [2.75, 3.05) is 0 Å². The maximum atomic E-state index is 4.38. The Hall–Kier alpha value is -1.70. The van der Waals surface area contributed by atoms with Gasteiger partial charge in [0.1, 0.15) is 0 Å². The van der Waals surface area contributed by atoms with E-state index in [-0.39, 0.29) is 0 Å². The molecule has 82 valence electrons. The molecule has 0 saturated heterocycles. The van der Waals surface area contributed by atoms with Crippen molar-refractivity contribution < 1.29 is 0 Å². The molecule has 2 nitrogen and oxygen atoms in total. The number of hydrogen-bond acceptors (Lipinski definition) is 2. The second-order valence-corrected chi connectivity index (χ2v) is 5.87. The number of nitrogens with zero attached hydrogens (tertiary/aromatic N) is 2. The summed E-state index contributed by atoms with van der Waals surface area (Å²) < 4.78 is 2.64. The Kier molecular flexibility index (Phi) is 2.86. The third-order valence-electron chi connectivity index (χ3n) is 2.44. The molecule has 0 fully saturated rings. The summed E-state index contributed by atoms with van der Waals surface area (Å²) in [7, 11) is 0. The molecule has 0 amide bonds. The van der Waals surface area contributed by atoms with E-state index in [1.54, 1.807) is 0 Å². The molecule has 0 unspecified atom stereocenters. The van der Waals surface area contributed by atoms with Gasteiger partial charge in [0.25, 0.3) is 0 Å². The van der Waals surface area contributed by atoms with Crippen LogP contribution in [-0.4, -0.2) is 24.5 Å². The summed E-state index contributed by atoms with van der Waals surface area (Å²) in [5.74, 6) is 0. The molecule has 0 aliphatic rings. The van der Waals surface area contributed by atoms with Crippen LogP contribution < -0.4 is 0 Å². The number of hydrogen-bond donors (Lipinski definition) is 0. The first-order chi connectivity index (χ1) is 8.43. The molecule has 3 heteroatoms. The van der Waals surface area contributed by atoms with Gasteiger partial charge >= 0.3 is 106 Å². The molecule has 3 aromatic heterocycles. The normalized spacial score (nSPS) is 10.4. The predicted octanol–water partition coefficient (Wildman–Crippen LogP) is 2.87. The van der Waals surface area contributed by atoms with Crippen LogP contribution in [0.25, 0.3) is 20.3 Å². The third-order valence-corrected chi connectivity index (χ3v) is 4.81. The maximum absolute atomic E-state index is 4.38. The van der Waals surface area contributed by atoms with Crippen molar-refractivity contribution in [3.63, 3.8) is 0 Å². The Morgan fingerprint density at radius 2 is 1.18 bits per heavy atom. The Bertz CT molecular complexity index is 548. The van der Waals surface area contributed by atoms with E-state index in [2.05, 4.69) is 34.2 Å². The average Bonchev–Trinajstić information content (AvgIpc) is 2.90. The zero-order valence-corrected chi connectivity index (χ0v) is 10.8. The van der Waals surface area contributed by atoms with Gasteiger partial charge in [-0.15, -0.1) is 0 Å². The van der Waals surface area contributed by atoms with Gasteiger partial charge in [0.15, 0.2) is 0 Å². The van der Waals surface area contributed by atoms with Crippen molar-refractivity contribution in [3.8, 4) is 20.3 Å². The fourth-order valence-electron chi connectivity index (χ4n) is 1.63. The van der Waals surface area contributed by atoms with E-state index in [9.17, 15) is 0 Å². The van der Waals surface area contributed by atoms with Crippen LogP contribution in [-0.2, 0) is 0 Å². The van der Waals surface area contributed by atoms with E-state index in [1.807, 2.05) is 36.7 Å². The molecule has 0 atom stereocenters. The van der Waals surface area contributed by atoms with Crippen LogP contribution in [0.4, 0.5) is 0 Å². The molecular formula is C14H10N2Se. The van der Waals surface area contributed by atoms with Crippen LogP contribution in [0.15, 0.2) is 60.9 Å². The molecule has 0 saturated carbocycles. The van der Waals surface area contributed by atoms with Gasteiger partial charge in [-0.2, -0.15) is 0 Å². The monoisotopic (exact) mass is 286 g/mol. The Morgan fingerprint density at radius 1 is 0.647 bits per heavy atom. The van der Waals surface area contributed by atoms with Crippen molar-refractivity contribution in [3.05, 3.63) is 60.9 Å². The molecule has 0 aromatic carbocycles. The van der Waals surface area contributed by atoms with Crippen LogP contribution in [0.5, 0.6) is 0 Å². The second kappa shape index (κ2) is 4.66. The summed E-state index contributed by atoms with van der Waals surface area (Å²) in [6.07, 6.45) is 3.68. The molecule has 0 spiro atoms. The number of rotatable bonds is 2. The Morgan fingerprint density at radius 3 is 1.59 bits per heavy atom. The first-order valence-electron chi connectivity index (χ1n) is 5.36. The van der Waals surface area contributed by atoms with Gasteiger partial charge in [0, 0.05) is 0 Å². The number of pyridine rings is 2. The molecule has 17 heavy (non-hydrogen) atoms. The van der Waals surface area contributed by atoms with Gasteiger partial charge in [0.2, 0.25) is 0 Å². The topological polar surface area (TPSA) is 25.8 Å². The molecule has 0 N–H and O–H groups in total. The van der Waals surface area contributed by atoms with Gasteiger partial charge in [-0.25, -0.2) is 0 Å². The summed E-state index contributed by atoms with van der Waals surface area (Å²) in [6.45, 7) is 0. The van der Waals surface area contributed by atoms with Gasteiger partial charge in [-0.1, -0.05) is 0 Å². The van der Waals surface area contributed by atoms with Crippen LogP contribution >= 0.6 is 0 Å². The van der Waals surface area contributed by atoms with Crippen LogP contribution in [0, 0.1) is 0 Å². The quantitative estimate of drug-likeness (QED) is 0.677. The van der Waals surface area contributed by atoms with Crippen molar-refractivity contribution in [1.82, 2.24) is 9.97 Å². The van der Waals surface area contributed by atoms with Crippen LogP contribution in [0.1, 0.15) is 0 Å². The Labute approximate surface area is 106 Å². The molecule has 0 bridgehead atoms. The van der Waals surface area contributed by atoms with E-state index in [4.69, 9.17) is 0 Å². The van der Waals surface area contributed by atoms with E-state index >= 15 is 0 Å². The third kappa shape index (κ3) is 2.21. The fraction of sp³-hybridized carbons (Fsp3) is 0. The van der Waals surface area contributed by atoms with E-state index in [0.29, 0.717) is 14.5 Å². The molecule has 0 radical (unpaired) electrons. The van der Waals surface area contributed by atoms with Crippen LogP contribution in [0.3, 0.4) is 0 Å². The van der Waals surface area contributed by atoms with E-state index in [0.717, 1.165) is 11.4 Å². The Balaban J connectivity index is 1.99. The van der Waals surface area contributed by atoms with Crippen molar-refractivity contribution in [2.24, 2.45) is 0 Å². The minimum absolute atomic E-state index is 0.308. The van der Waals surface area contributed by atoms with Gasteiger partial charge in [0.05, 0.1) is 0 Å². The molecule has 3 rings (SSSR count). The first-order valence-corrected chi connectivity index (χ1v) is 7.07.